The van der Waals surface area contributed by atoms with Gasteiger partial charge < -0.3 is 5.32 Å². The third-order valence-electron chi connectivity index (χ3n) is 2.47. The van der Waals surface area contributed by atoms with Crippen LogP contribution < -0.4 is 5.32 Å². The zero-order valence-electron chi connectivity index (χ0n) is 10.2. The van der Waals surface area contributed by atoms with E-state index >= 15 is 0 Å². The van der Waals surface area contributed by atoms with Crippen molar-refractivity contribution in [3.05, 3.63) is 35.7 Å². The summed E-state index contributed by atoms with van der Waals surface area (Å²) in [5.74, 6) is 0.696. The minimum absolute atomic E-state index is 0.0448. The van der Waals surface area contributed by atoms with Crippen molar-refractivity contribution in [1.82, 2.24) is 20.6 Å². The number of rotatable bonds is 5. The number of tetrazole rings is 1. The number of hydrogen-bond acceptors (Lipinski definition) is 4. The van der Waals surface area contributed by atoms with Gasteiger partial charge in [0.25, 0.3) is 0 Å². The van der Waals surface area contributed by atoms with Crippen molar-refractivity contribution in [2.45, 2.75) is 26.2 Å². The van der Waals surface area contributed by atoms with Crippen LogP contribution in [0.3, 0.4) is 0 Å². The highest BCUT2D eigenvalue weighted by atomic mass is 16.1. The molecule has 1 aromatic heterocycles. The van der Waals surface area contributed by atoms with E-state index in [4.69, 9.17) is 0 Å². The summed E-state index contributed by atoms with van der Waals surface area (Å²) in [6, 6.07) is 7.64. The zero-order chi connectivity index (χ0) is 12.8. The summed E-state index contributed by atoms with van der Waals surface area (Å²) in [7, 11) is 0. The molecule has 0 bridgehead atoms. The van der Waals surface area contributed by atoms with Crippen LogP contribution in [0.25, 0.3) is 0 Å². The number of hydrogen-bond donors (Lipinski definition) is 2. The van der Waals surface area contributed by atoms with E-state index in [0.717, 1.165) is 17.7 Å². The molecule has 18 heavy (non-hydrogen) atoms. The normalized spacial score (nSPS) is 10.3. The van der Waals surface area contributed by atoms with Crippen LogP contribution in [0, 0.1) is 0 Å². The summed E-state index contributed by atoms with van der Waals surface area (Å²) in [5.41, 5.74) is 1.88. The standard InChI is InChI=1S/C12H15N5O/c1-2-3-12(18)13-10-6-4-9(5-7-10)8-11-14-16-17-15-11/h4-7H,2-3,8H2,1H3,(H,13,18)(H,14,15,16,17). The first-order valence-electron chi connectivity index (χ1n) is 5.89. The average molecular weight is 245 g/mol. The van der Waals surface area contributed by atoms with Crippen LogP contribution in [-0.4, -0.2) is 26.5 Å². The van der Waals surface area contributed by atoms with Crippen molar-refractivity contribution >= 4 is 11.6 Å². The fraction of sp³-hybridized carbons (Fsp3) is 0.333. The van der Waals surface area contributed by atoms with Gasteiger partial charge in [0, 0.05) is 18.5 Å². The number of carbonyl (C=O) groups excluding carboxylic acids is 1. The Balaban J connectivity index is 1.95. The number of aromatic nitrogens is 4. The van der Waals surface area contributed by atoms with E-state index < -0.39 is 0 Å². The predicted molar refractivity (Wildman–Crippen MR) is 67.0 cm³/mol. The van der Waals surface area contributed by atoms with Crippen LogP contribution in [0.2, 0.25) is 0 Å². The van der Waals surface area contributed by atoms with Gasteiger partial charge in [0.05, 0.1) is 0 Å². The number of benzene rings is 1. The molecular weight excluding hydrogens is 230 g/mol. The molecule has 1 heterocycles. The predicted octanol–water partition coefficient (Wildman–Crippen LogP) is 1.53. The van der Waals surface area contributed by atoms with Crippen molar-refractivity contribution in [2.75, 3.05) is 5.32 Å². The Hall–Kier alpha value is -2.24. The van der Waals surface area contributed by atoms with Crippen LogP contribution in [0.4, 0.5) is 5.69 Å². The number of H-pyrrole nitrogens is 1. The van der Waals surface area contributed by atoms with E-state index in [2.05, 4.69) is 25.9 Å². The highest BCUT2D eigenvalue weighted by Crippen LogP contribution is 2.12. The lowest BCUT2D eigenvalue weighted by molar-refractivity contribution is -0.116. The van der Waals surface area contributed by atoms with Gasteiger partial charge in [0.2, 0.25) is 5.91 Å². The molecule has 0 radical (unpaired) electrons. The number of aromatic amines is 1. The second-order valence-electron chi connectivity index (χ2n) is 4.00. The number of amides is 1. The maximum atomic E-state index is 11.4. The van der Waals surface area contributed by atoms with Crippen LogP contribution in [-0.2, 0) is 11.2 Å². The lowest BCUT2D eigenvalue weighted by Gasteiger charge is -2.05. The fourth-order valence-corrected chi connectivity index (χ4v) is 1.60. The lowest BCUT2D eigenvalue weighted by atomic mass is 10.1. The third-order valence-corrected chi connectivity index (χ3v) is 2.47. The van der Waals surface area contributed by atoms with Gasteiger partial charge >= 0.3 is 0 Å². The number of nitrogens with zero attached hydrogens (tertiary/aromatic N) is 3. The summed E-state index contributed by atoms with van der Waals surface area (Å²) in [6.07, 6.45) is 2.02. The smallest absolute Gasteiger partial charge is 0.224 e. The van der Waals surface area contributed by atoms with Crippen LogP contribution in [0.15, 0.2) is 24.3 Å². The maximum Gasteiger partial charge on any atom is 0.224 e. The minimum Gasteiger partial charge on any atom is -0.326 e. The molecule has 0 saturated heterocycles. The second-order valence-corrected chi connectivity index (χ2v) is 4.00. The molecule has 0 aliphatic heterocycles. The van der Waals surface area contributed by atoms with E-state index in [1.807, 2.05) is 31.2 Å². The van der Waals surface area contributed by atoms with E-state index in [1.54, 1.807) is 0 Å². The van der Waals surface area contributed by atoms with Crippen molar-refractivity contribution in [3.63, 3.8) is 0 Å². The molecule has 2 N–H and O–H groups in total. The number of anilines is 1. The number of carbonyl (C=O) groups is 1. The average Bonchev–Trinajstić information content (AvgIpc) is 2.85. The van der Waals surface area contributed by atoms with Gasteiger partial charge in [-0.25, -0.2) is 0 Å². The van der Waals surface area contributed by atoms with Gasteiger partial charge in [0.1, 0.15) is 0 Å². The number of nitrogens with one attached hydrogen (secondary N) is 2. The van der Waals surface area contributed by atoms with Crippen LogP contribution >= 0.6 is 0 Å². The molecule has 0 aliphatic carbocycles. The quantitative estimate of drug-likeness (QED) is 0.836. The molecule has 94 valence electrons. The van der Waals surface area contributed by atoms with Gasteiger partial charge in [-0.2, -0.15) is 5.21 Å². The van der Waals surface area contributed by atoms with Gasteiger partial charge in [-0.3, -0.25) is 4.79 Å². The van der Waals surface area contributed by atoms with Crippen LogP contribution in [0.1, 0.15) is 31.2 Å². The fourth-order valence-electron chi connectivity index (χ4n) is 1.60. The zero-order valence-corrected chi connectivity index (χ0v) is 10.2. The Kier molecular flexibility index (Phi) is 4.01. The molecule has 0 atom stereocenters. The Labute approximate surface area is 105 Å². The first-order valence-corrected chi connectivity index (χ1v) is 5.89. The second kappa shape index (κ2) is 5.90. The van der Waals surface area contributed by atoms with Crippen molar-refractivity contribution in [2.24, 2.45) is 0 Å². The SMILES string of the molecule is CCCC(=O)Nc1ccc(Cc2nn[nH]n2)cc1. The van der Waals surface area contributed by atoms with Gasteiger partial charge in [-0.05, 0) is 24.1 Å². The largest absolute Gasteiger partial charge is 0.326 e. The molecule has 0 saturated carbocycles. The molecule has 0 unspecified atom stereocenters. The summed E-state index contributed by atoms with van der Waals surface area (Å²) in [6.45, 7) is 1.98. The highest BCUT2D eigenvalue weighted by Gasteiger charge is 2.03. The van der Waals surface area contributed by atoms with Crippen molar-refractivity contribution in [1.29, 1.82) is 0 Å². The minimum atomic E-state index is 0.0448. The molecule has 0 fully saturated rings. The summed E-state index contributed by atoms with van der Waals surface area (Å²) in [4.78, 5) is 11.4. The van der Waals surface area contributed by atoms with Crippen molar-refractivity contribution in [3.8, 4) is 0 Å². The molecule has 2 aromatic rings. The maximum absolute atomic E-state index is 11.4. The topological polar surface area (TPSA) is 83.6 Å². The molecule has 2 rings (SSSR count). The molecule has 1 amide bonds. The molecule has 1 aromatic carbocycles. The monoisotopic (exact) mass is 245 g/mol. The first kappa shape index (κ1) is 12.2. The van der Waals surface area contributed by atoms with Crippen LogP contribution in [0.5, 0.6) is 0 Å². The molecule has 6 nitrogen and oxygen atoms in total. The Morgan fingerprint density at radius 2 is 2.11 bits per heavy atom. The van der Waals surface area contributed by atoms with Gasteiger partial charge in [0.15, 0.2) is 5.82 Å². The Morgan fingerprint density at radius 3 is 2.72 bits per heavy atom. The van der Waals surface area contributed by atoms with Crippen molar-refractivity contribution < 1.29 is 4.79 Å². The third kappa shape index (κ3) is 3.38. The Morgan fingerprint density at radius 1 is 1.33 bits per heavy atom. The Bertz CT molecular complexity index is 492. The van der Waals surface area contributed by atoms with E-state index in [1.165, 1.54) is 0 Å². The molecule has 0 spiro atoms. The van der Waals surface area contributed by atoms with E-state index in [0.29, 0.717) is 18.7 Å². The van der Waals surface area contributed by atoms with E-state index in [-0.39, 0.29) is 5.91 Å². The lowest BCUT2D eigenvalue weighted by Crippen LogP contribution is -2.10. The summed E-state index contributed by atoms with van der Waals surface area (Å²) in [5, 5.41) is 16.5. The summed E-state index contributed by atoms with van der Waals surface area (Å²) < 4.78 is 0. The first-order chi connectivity index (χ1) is 8.78. The molecule has 0 aliphatic rings. The van der Waals surface area contributed by atoms with Gasteiger partial charge in [-0.15, -0.1) is 10.2 Å². The molecular formula is C12H15N5O. The van der Waals surface area contributed by atoms with Gasteiger partial charge in [-0.1, -0.05) is 24.3 Å². The summed E-state index contributed by atoms with van der Waals surface area (Å²) >= 11 is 0. The molecule has 6 heteroatoms. The highest BCUT2D eigenvalue weighted by molar-refractivity contribution is 5.90. The van der Waals surface area contributed by atoms with E-state index in [9.17, 15) is 4.79 Å².